The molecule has 1 aromatic heterocycles. The minimum absolute atomic E-state index is 0.0532. The van der Waals surface area contributed by atoms with E-state index in [0.717, 1.165) is 12.0 Å². The quantitative estimate of drug-likeness (QED) is 0.885. The molecule has 0 saturated carbocycles. The molecule has 0 unspecified atom stereocenters. The number of urea groups is 1. The molecule has 0 aliphatic carbocycles. The zero-order chi connectivity index (χ0) is 16.9. The molecule has 1 aromatic carbocycles. The summed E-state index contributed by atoms with van der Waals surface area (Å²) in [5.74, 6) is 0.641. The second kappa shape index (κ2) is 7.12. The number of hydrogen-bond acceptors (Lipinski definition) is 5. The molecule has 0 radical (unpaired) electrons. The molecule has 0 spiro atoms. The lowest BCUT2D eigenvalue weighted by Crippen LogP contribution is -2.44. The fraction of sp³-hybridized carbons (Fsp3) is 0.375. The van der Waals surface area contributed by atoms with Gasteiger partial charge in [-0.05, 0) is 13.3 Å². The Hall–Kier alpha value is -2.90. The van der Waals surface area contributed by atoms with E-state index < -0.39 is 6.04 Å². The average molecular weight is 329 g/mol. The number of carbonyl (C=O) groups excluding carboxylic acids is 2. The van der Waals surface area contributed by atoms with Crippen LogP contribution in [0.5, 0.6) is 0 Å². The third kappa shape index (κ3) is 3.70. The Balaban J connectivity index is 1.64. The highest BCUT2D eigenvalue weighted by Crippen LogP contribution is 2.18. The lowest BCUT2D eigenvalue weighted by atomic mass is 10.2. The van der Waals surface area contributed by atoms with Crippen molar-refractivity contribution in [1.82, 2.24) is 25.7 Å². The van der Waals surface area contributed by atoms with Gasteiger partial charge in [-0.3, -0.25) is 4.79 Å². The number of aromatic nitrogens is 2. The fourth-order valence-corrected chi connectivity index (χ4v) is 2.43. The van der Waals surface area contributed by atoms with Crippen molar-refractivity contribution in [1.29, 1.82) is 0 Å². The standard InChI is InChI=1S/C16H19N5O3/c1-11(18-16(23)21-9-5-8-17-13(22)10-21)15-19-14(20-24-15)12-6-3-2-4-7-12/h2-4,6-7,11H,5,8-10H2,1H3,(H,17,22)(H,18,23)/t11-/m0/s1. The van der Waals surface area contributed by atoms with Gasteiger partial charge < -0.3 is 20.1 Å². The summed E-state index contributed by atoms with van der Waals surface area (Å²) < 4.78 is 5.24. The summed E-state index contributed by atoms with van der Waals surface area (Å²) in [5, 5.41) is 9.46. The summed E-state index contributed by atoms with van der Waals surface area (Å²) in [7, 11) is 0. The lowest BCUT2D eigenvalue weighted by molar-refractivity contribution is -0.121. The van der Waals surface area contributed by atoms with Crippen LogP contribution in [-0.4, -0.2) is 46.6 Å². The lowest BCUT2D eigenvalue weighted by Gasteiger charge is -2.21. The summed E-state index contributed by atoms with van der Waals surface area (Å²) >= 11 is 0. The molecule has 3 amide bonds. The molecule has 24 heavy (non-hydrogen) atoms. The molecule has 8 nitrogen and oxygen atoms in total. The van der Waals surface area contributed by atoms with Crippen LogP contribution in [0.4, 0.5) is 4.79 Å². The van der Waals surface area contributed by atoms with Gasteiger partial charge in [0.05, 0.1) is 0 Å². The van der Waals surface area contributed by atoms with Gasteiger partial charge >= 0.3 is 6.03 Å². The van der Waals surface area contributed by atoms with Crippen molar-refractivity contribution in [2.75, 3.05) is 19.6 Å². The monoisotopic (exact) mass is 329 g/mol. The minimum Gasteiger partial charge on any atom is -0.354 e. The Morgan fingerprint density at radius 1 is 1.38 bits per heavy atom. The summed E-state index contributed by atoms with van der Waals surface area (Å²) in [6.45, 7) is 2.92. The number of rotatable bonds is 3. The number of amides is 3. The van der Waals surface area contributed by atoms with Crippen LogP contribution < -0.4 is 10.6 Å². The van der Waals surface area contributed by atoms with Crippen molar-refractivity contribution in [2.24, 2.45) is 0 Å². The molecule has 1 atom stereocenters. The minimum atomic E-state index is -0.450. The number of benzene rings is 1. The van der Waals surface area contributed by atoms with Crippen LogP contribution >= 0.6 is 0 Å². The maximum Gasteiger partial charge on any atom is 0.318 e. The highest BCUT2D eigenvalue weighted by molar-refractivity contribution is 5.84. The Morgan fingerprint density at radius 3 is 2.96 bits per heavy atom. The van der Waals surface area contributed by atoms with Crippen LogP contribution in [0.2, 0.25) is 0 Å². The second-order valence-electron chi connectivity index (χ2n) is 5.62. The molecule has 8 heteroatoms. The maximum absolute atomic E-state index is 12.3. The van der Waals surface area contributed by atoms with E-state index in [1.165, 1.54) is 4.90 Å². The molecule has 2 aromatic rings. The van der Waals surface area contributed by atoms with E-state index in [9.17, 15) is 9.59 Å². The van der Waals surface area contributed by atoms with E-state index in [1.807, 2.05) is 30.3 Å². The molecule has 1 fully saturated rings. The first-order chi connectivity index (χ1) is 11.6. The first-order valence-corrected chi connectivity index (χ1v) is 7.84. The Morgan fingerprint density at radius 2 is 2.17 bits per heavy atom. The zero-order valence-corrected chi connectivity index (χ0v) is 13.4. The van der Waals surface area contributed by atoms with Gasteiger partial charge in [0.2, 0.25) is 17.6 Å². The first kappa shape index (κ1) is 16.0. The van der Waals surface area contributed by atoms with Gasteiger partial charge in [0.15, 0.2) is 0 Å². The molecular formula is C16H19N5O3. The van der Waals surface area contributed by atoms with Crippen LogP contribution in [0.1, 0.15) is 25.3 Å². The summed E-state index contributed by atoms with van der Waals surface area (Å²) in [6, 6.07) is 8.68. The topological polar surface area (TPSA) is 100 Å². The third-order valence-corrected chi connectivity index (χ3v) is 3.73. The predicted octanol–water partition coefficient (Wildman–Crippen LogP) is 1.33. The molecule has 0 bridgehead atoms. The molecule has 1 aliphatic heterocycles. The summed E-state index contributed by atoms with van der Waals surface area (Å²) in [5.41, 5.74) is 0.843. The zero-order valence-electron chi connectivity index (χ0n) is 13.4. The normalized spacial score (nSPS) is 16.2. The first-order valence-electron chi connectivity index (χ1n) is 7.84. The Kier molecular flexibility index (Phi) is 4.74. The van der Waals surface area contributed by atoms with Gasteiger partial charge in [0.1, 0.15) is 12.6 Å². The molecule has 2 N–H and O–H groups in total. The van der Waals surface area contributed by atoms with Gasteiger partial charge in [-0.2, -0.15) is 4.98 Å². The van der Waals surface area contributed by atoms with Crippen LogP contribution in [0.3, 0.4) is 0 Å². The molecule has 3 rings (SSSR count). The van der Waals surface area contributed by atoms with Crippen molar-refractivity contribution in [3.05, 3.63) is 36.2 Å². The predicted molar refractivity (Wildman–Crippen MR) is 85.9 cm³/mol. The van der Waals surface area contributed by atoms with E-state index in [1.54, 1.807) is 6.92 Å². The van der Waals surface area contributed by atoms with Crippen LogP contribution in [0, 0.1) is 0 Å². The van der Waals surface area contributed by atoms with Gasteiger partial charge in [0, 0.05) is 18.7 Å². The Labute approximate surface area is 139 Å². The molecule has 126 valence electrons. The van der Waals surface area contributed by atoms with Crippen molar-refractivity contribution < 1.29 is 14.1 Å². The average Bonchev–Trinajstić information content (AvgIpc) is 2.98. The van der Waals surface area contributed by atoms with Crippen LogP contribution in [0.25, 0.3) is 11.4 Å². The fourth-order valence-electron chi connectivity index (χ4n) is 2.43. The van der Waals surface area contributed by atoms with Crippen molar-refractivity contribution in [2.45, 2.75) is 19.4 Å². The number of nitrogens with one attached hydrogen (secondary N) is 2. The van der Waals surface area contributed by atoms with Gasteiger partial charge in [0.25, 0.3) is 0 Å². The molecular weight excluding hydrogens is 310 g/mol. The largest absolute Gasteiger partial charge is 0.354 e. The number of hydrogen-bond donors (Lipinski definition) is 2. The smallest absolute Gasteiger partial charge is 0.318 e. The maximum atomic E-state index is 12.3. The number of carbonyl (C=O) groups is 2. The molecule has 1 aliphatic rings. The van der Waals surface area contributed by atoms with E-state index in [0.29, 0.717) is 24.8 Å². The van der Waals surface area contributed by atoms with Crippen LogP contribution in [-0.2, 0) is 4.79 Å². The van der Waals surface area contributed by atoms with Gasteiger partial charge in [-0.25, -0.2) is 4.79 Å². The molecule has 1 saturated heterocycles. The van der Waals surface area contributed by atoms with E-state index in [2.05, 4.69) is 20.8 Å². The van der Waals surface area contributed by atoms with Crippen molar-refractivity contribution >= 4 is 11.9 Å². The van der Waals surface area contributed by atoms with Crippen molar-refractivity contribution in [3.63, 3.8) is 0 Å². The van der Waals surface area contributed by atoms with E-state index in [-0.39, 0.29) is 18.5 Å². The van der Waals surface area contributed by atoms with E-state index in [4.69, 9.17) is 4.52 Å². The number of nitrogens with zero attached hydrogens (tertiary/aromatic N) is 3. The second-order valence-corrected chi connectivity index (χ2v) is 5.62. The van der Waals surface area contributed by atoms with Gasteiger partial charge in [-0.1, -0.05) is 35.5 Å². The summed E-state index contributed by atoms with van der Waals surface area (Å²) in [6.07, 6.45) is 0.728. The molecule has 2 heterocycles. The third-order valence-electron chi connectivity index (χ3n) is 3.73. The van der Waals surface area contributed by atoms with Gasteiger partial charge in [-0.15, -0.1) is 0 Å². The van der Waals surface area contributed by atoms with E-state index >= 15 is 0 Å². The highest BCUT2D eigenvalue weighted by Gasteiger charge is 2.23. The summed E-state index contributed by atoms with van der Waals surface area (Å²) in [4.78, 5) is 29.6. The SMILES string of the molecule is C[C@H](NC(=O)N1CCCNC(=O)C1)c1nc(-c2ccccc2)no1. The Bertz CT molecular complexity index is 716. The van der Waals surface area contributed by atoms with Crippen LogP contribution in [0.15, 0.2) is 34.9 Å². The highest BCUT2D eigenvalue weighted by atomic mass is 16.5. The van der Waals surface area contributed by atoms with Crippen molar-refractivity contribution in [3.8, 4) is 11.4 Å².